The zero-order chi connectivity index (χ0) is 24.6. The summed E-state index contributed by atoms with van der Waals surface area (Å²) in [7, 11) is 0. The lowest BCUT2D eigenvalue weighted by molar-refractivity contribution is -0.125. The smallest absolute Gasteiger partial charge is 0.267 e. The molecule has 1 N–H and O–H groups in total. The summed E-state index contributed by atoms with van der Waals surface area (Å²) < 4.78 is 17.2. The first-order chi connectivity index (χ1) is 17.0. The number of ether oxygens (including phenoxy) is 3. The van der Waals surface area contributed by atoms with Crippen molar-refractivity contribution in [3.63, 3.8) is 0 Å². The molecule has 1 unspecified atom stereocenters. The molecule has 0 spiro atoms. The molecule has 3 aromatic rings. The molecule has 1 aliphatic rings. The highest BCUT2D eigenvalue weighted by molar-refractivity contribution is 6.01. The van der Waals surface area contributed by atoms with Gasteiger partial charge >= 0.3 is 0 Å². The SMILES string of the molecule is CCc1cccc(OCC(=O)Nc2ccc3c(c2)N(CCCOc2ccccc2)C(=O)C(C)O3)c1. The van der Waals surface area contributed by atoms with Gasteiger partial charge in [0.15, 0.2) is 12.7 Å². The predicted octanol–water partition coefficient (Wildman–Crippen LogP) is 4.85. The summed E-state index contributed by atoms with van der Waals surface area (Å²) in [4.78, 5) is 27.0. The lowest BCUT2D eigenvalue weighted by Gasteiger charge is -2.33. The molecule has 0 aliphatic carbocycles. The minimum absolute atomic E-state index is 0.114. The zero-order valence-corrected chi connectivity index (χ0v) is 20.0. The Morgan fingerprint density at radius 2 is 1.80 bits per heavy atom. The second-order valence-electron chi connectivity index (χ2n) is 8.29. The molecular weight excluding hydrogens is 444 g/mol. The van der Waals surface area contributed by atoms with E-state index in [4.69, 9.17) is 14.2 Å². The summed E-state index contributed by atoms with van der Waals surface area (Å²) in [5.74, 6) is 1.64. The van der Waals surface area contributed by atoms with E-state index in [0.717, 1.165) is 17.7 Å². The predicted molar refractivity (Wildman–Crippen MR) is 135 cm³/mol. The van der Waals surface area contributed by atoms with Crippen molar-refractivity contribution in [1.29, 1.82) is 0 Å². The maximum Gasteiger partial charge on any atom is 0.267 e. The van der Waals surface area contributed by atoms with Crippen molar-refractivity contribution in [1.82, 2.24) is 0 Å². The Hall–Kier alpha value is -4.00. The highest BCUT2D eigenvalue weighted by atomic mass is 16.5. The molecule has 0 saturated carbocycles. The molecule has 0 radical (unpaired) electrons. The van der Waals surface area contributed by atoms with Crippen LogP contribution in [0.3, 0.4) is 0 Å². The van der Waals surface area contributed by atoms with E-state index in [0.29, 0.717) is 42.4 Å². The van der Waals surface area contributed by atoms with Gasteiger partial charge in [-0.2, -0.15) is 0 Å². The van der Waals surface area contributed by atoms with E-state index in [1.54, 1.807) is 30.0 Å². The van der Waals surface area contributed by atoms with E-state index in [9.17, 15) is 9.59 Å². The molecule has 2 amide bonds. The van der Waals surface area contributed by atoms with Crippen LogP contribution in [-0.4, -0.2) is 37.7 Å². The summed E-state index contributed by atoms with van der Waals surface area (Å²) in [6.07, 6.45) is 0.964. The Balaban J connectivity index is 1.37. The molecule has 0 fully saturated rings. The van der Waals surface area contributed by atoms with Crippen molar-refractivity contribution in [2.75, 3.05) is 30.0 Å². The number of anilines is 2. The first kappa shape index (κ1) is 24.1. The lowest BCUT2D eigenvalue weighted by Crippen LogP contribution is -2.45. The van der Waals surface area contributed by atoms with Crippen LogP contribution in [0.25, 0.3) is 0 Å². The van der Waals surface area contributed by atoms with Gasteiger partial charge in [0.05, 0.1) is 12.3 Å². The van der Waals surface area contributed by atoms with Crippen molar-refractivity contribution in [3.05, 3.63) is 78.4 Å². The fourth-order valence-electron chi connectivity index (χ4n) is 3.85. The van der Waals surface area contributed by atoms with Crippen LogP contribution in [0.2, 0.25) is 0 Å². The number of nitrogens with zero attached hydrogens (tertiary/aromatic N) is 1. The standard InChI is InChI=1S/C28H30N2O5/c1-3-21-9-7-12-24(17-21)34-19-27(31)29-22-13-14-26-25(18-22)30(28(32)20(2)35-26)15-8-16-33-23-10-5-4-6-11-23/h4-7,9-14,17-18,20H,3,8,15-16,19H2,1-2H3,(H,29,31). The molecule has 35 heavy (non-hydrogen) atoms. The van der Waals surface area contributed by atoms with Crippen LogP contribution in [0.1, 0.15) is 25.8 Å². The number of fused-ring (bicyclic) bond motifs is 1. The molecule has 0 bridgehead atoms. The van der Waals surface area contributed by atoms with Crippen molar-refractivity contribution >= 4 is 23.2 Å². The first-order valence-electron chi connectivity index (χ1n) is 11.8. The largest absolute Gasteiger partial charge is 0.494 e. The van der Waals surface area contributed by atoms with E-state index in [1.165, 1.54) is 0 Å². The third-order valence-electron chi connectivity index (χ3n) is 5.67. The number of nitrogens with one attached hydrogen (secondary N) is 1. The van der Waals surface area contributed by atoms with Gasteiger partial charge in [0, 0.05) is 12.2 Å². The number of hydrogen-bond donors (Lipinski definition) is 1. The van der Waals surface area contributed by atoms with Crippen LogP contribution in [0, 0.1) is 0 Å². The van der Waals surface area contributed by atoms with Crippen molar-refractivity contribution < 1.29 is 23.8 Å². The van der Waals surface area contributed by atoms with Gasteiger partial charge < -0.3 is 24.4 Å². The van der Waals surface area contributed by atoms with Crippen LogP contribution in [-0.2, 0) is 16.0 Å². The van der Waals surface area contributed by atoms with E-state index < -0.39 is 6.10 Å². The number of carbonyl (C=O) groups is 2. The van der Waals surface area contributed by atoms with Crippen LogP contribution < -0.4 is 24.4 Å². The molecule has 7 heteroatoms. The molecule has 182 valence electrons. The number of amides is 2. The van der Waals surface area contributed by atoms with Gasteiger partial charge in [0.25, 0.3) is 11.8 Å². The number of rotatable bonds is 10. The number of benzene rings is 3. The monoisotopic (exact) mass is 474 g/mol. The van der Waals surface area contributed by atoms with Crippen molar-refractivity contribution in [2.24, 2.45) is 0 Å². The minimum Gasteiger partial charge on any atom is -0.494 e. The Morgan fingerprint density at radius 1 is 1.00 bits per heavy atom. The topological polar surface area (TPSA) is 77.1 Å². The fourth-order valence-corrected chi connectivity index (χ4v) is 3.85. The van der Waals surface area contributed by atoms with Gasteiger partial charge in [-0.25, -0.2) is 0 Å². The Morgan fingerprint density at radius 3 is 2.60 bits per heavy atom. The Labute approximate surface area is 205 Å². The molecule has 1 aliphatic heterocycles. The van der Waals surface area contributed by atoms with Crippen LogP contribution >= 0.6 is 0 Å². The Kier molecular flexibility index (Phi) is 7.88. The minimum atomic E-state index is -0.578. The van der Waals surface area contributed by atoms with Crippen LogP contribution in [0.5, 0.6) is 17.2 Å². The van der Waals surface area contributed by atoms with Gasteiger partial charge in [0.1, 0.15) is 17.2 Å². The molecule has 0 saturated heterocycles. The van der Waals surface area contributed by atoms with E-state index in [1.807, 2.05) is 54.6 Å². The van der Waals surface area contributed by atoms with E-state index in [-0.39, 0.29) is 18.4 Å². The second kappa shape index (κ2) is 11.4. The third kappa shape index (κ3) is 6.32. The first-order valence-corrected chi connectivity index (χ1v) is 11.8. The highest BCUT2D eigenvalue weighted by Gasteiger charge is 2.31. The summed E-state index contributed by atoms with van der Waals surface area (Å²) in [5.41, 5.74) is 2.34. The van der Waals surface area contributed by atoms with Crippen molar-refractivity contribution in [3.8, 4) is 17.2 Å². The molecule has 1 heterocycles. The summed E-state index contributed by atoms with van der Waals surface area (Å²) in [5, 5.41) is 2.84. The number of para-hydroxylation sites is 1. The normalized spacial score (nSPS) is 14.6. The molecule has 3 aromatic carbocycles. The lowest BCUT2D eigenvalue weighted by atomic mass is 10.1. The number of aryl methyl sites for hydroxylation is 1. The average Bonchev–Trinajstić information content (AvgIpc) is 2.88. The van der Waals surface area contributed by atoms with E-state index >= 15 is 0 Å². The maximum absolute atomic E-state index is 12.9. The van der Waals surface area contributed by atoms with Gasteiger partial charge in [-0.1, -0.05) is 37.3 Å². The molecular formula is C28H30N2O5. The summed E-state index contributed by atoms with van der Waals surface area (Å²) in [6.45, 7) is 4.64. The van der Waals surface area contributed by atoms with Gasteiger partial charge in [-0.3, -0.25) is 9.59 Å². The van der Waals surface area contributed by atoms with Crippen LogP contribution in [0.4, 0.5) is 11.4 Å². The average molecular weight is 475 g/mol. The van der Waals surface area contributed by atoms with Gasteiger partial charge in [0.2, 0.25) is 0 Å². The third-order valence-corrected chi connectivity index (χ3v) is 5.67. The number of hydrogen-bond acceptors (Lipinski definition) is 5. The van der Waals surface area contributed by atoms with Gasteiger partial charge in [-0.05, 0) is 67.8 Å². The fraction of sp³-hybridized carbons (Fsp3) is 0.286. The number of carbonyl (C=O) groups excluding carboxylic acids is 2. The van der Waals surface area contributed by atoms with Gasteiger partial charge in [-0.15, -0.1) is 0 Å². The maximum atomic E-state index is 12.9. The summed E-state index contributed by atoms with van der Waals surface area (Å²) in [6, 6.07) is 22.5. The molecule has 7 nitrogen and oxygen atoms in total. The highest BCUT2D eigenvalue weighted by Crippen LogP contribution is 2.36. The Bertz CT molecular complexity index is 1170. The molecule has 1 atom stereocenters. The van der Waals surface area contributed by atoms with E-state index in [2.05, 4.69) is 12.2 Å². The molecule has 4 rings (SSSR count). The molecule has 0 aromatic heterocycles. The zero-order valence-electron chi connectivity index (χ0n) is 20.0. The van der Waals surface area contributed by atoms with Crippen LogP contribution in [0.15, 0.2) is 72.8 Å². The van der Waals surface area contributed by atoms with Crippen molar-refractivity contribution in [2.45, 2.75) is 32.8 Å². The summed E-state index contributed by atoms with van der Waals surface area (Å²) >= 11 is 0. The second-order valence-corrected chi connectivity index (χ2v) is 8.29. The quantitative estimate of drug-likeness (QED) is 0.425.